The zero-order valence-electron chi connectivity index (χ0n) is 41.0. The van der Waals surface area contributed by atoms with E-state index >= 15 is 0 Å². The molecule has 0 N–H and O–H groups in total. The van der Waals surface area contributed by atoms with Crippen molar-refractivity contribution in [1.82, 2.24) is 0 Å². The SMILES string of the molecule is CC1(C)c2ccccc2-c2cc(N(c3cccc(N(c4ccc5c(c4)oc4ccccc45)c4cccc5c4C(c4ccccc4)(c4ccccc4)c4ccccc4-5)c3)c3cccc4oc5ccccc5c34)ccc21. The highest BCUT2D eigenvalue weighted by Crippen LogP contribution is 2.61. The molecule has 4 heteroatoms. The minimum atomic E-state index is -0.664. The maximum absolute atomic E-state index is 6.72. The van der Waals surface area contributed by atoms with Crippen molar-refractivity contribution >= 4 is 78.0 Å². The summed E-state index contributed by atoms with van der Waals surface area (Å²) in [6.07, 6.45) is 0. The number of hydrogen-bond donors (Lipinski definition) is 0. The minimum absolute atomic E-state index is 0.137. The van der Waals surface area contributed by atoms with E-state index in [0.717, 1.165) is 78.0 Å². The van der Waals surface area contributed by atoms with Gasteiger partial charge in [-0.3, -0.25) is 0 Å². The van der Waals surface area contributed by atoms with Gasteiger partial charge in [0, 0.05) is 56.0 Å². The first kappa shape index (κ1) is 42.3. The van der Waals surface area contributed by atoms with Crippen LogP contribution in [0.25, 0.3) is 66.1 Å². The summed E-state index contributed by atoms with van der Waals surface area (Å²) < 4.78 is 13.3. The molecule has 11 aromatic carbocycles. The molecule has 13 aromatic rings. The smallest absolute Gasteiger partial charge is 0.137 e. The van der Waals surface area contributed by atoms with E-state index in [4.69, 9.17) is 8.83 Å². The topological polar surface area (TPSA) is 32.8 Å². The molecular formula is C70H48N2O2. The van der Waals surface area contributed by atoms with Crippen molar-refractivity contribution in [3.63, 3.8) is 0 Å². The quantitative estimate of drug-likeness (QED) is 0.152. The van der Waals surface area contributed by atoms with E-state index in [1.165, 1.54) is 55.6 Å². The zero-order valence-corrected chi connectivity index (χ0v) is 41.0. The summed E-state index contributed by atoms with van der Waals surface area (Å²) >= 11 is 0. The van der Waals surface area contributed by atoms with Crippen LogP contribution in [0.2, 0.25) is 0 Å². The molecule has 2 heterocycles. The van der Waals surface area contributed by atoms with Gasteiger partial charge in [0.25, 0.3) is 0 Å². The second-order valence-electron chi connectivity index (χ2n) is 20.3. The number of benzene rings is 11. The second-order valence-corrected chi connectivity index (χ2v) is 20.3. The van der Waals surface area contributed by atoms with Gasteiger partial charge in [0.1, 0.15) is 22.3 Å². The maximum Gasteiger partial charge on any atom is 0.137 e. The number of rotatable bonds is 8. The summed E-state index contributed by atoms with van der Waals surface area (Å²) in [5.41, 5.74) is 21.3. The van der Waals surface area contributed by atoms with Crippen molar-refractivity contribution in [2.75, 3.05) is 9.80 Å². The Morgan fingerprint density at radius 2 is 0.797 bits per heavy atom. The molecule has 0 bridgehead atoms. The van der Waals surface area contributed by atoms with Gasteiger partial charge in [-0.05, 0) is 123 Å². The van der Waals surface area contributed by atoms with Crippen molar-refractivity contribution in [3.8, 4) is 22.3 Å². The van der Waals surface area contributed by atoms with Crippen molar-refractivity contribution in [2.45, 2.75) is 24.7 Å². The number of nitrogens with zero attached hydrogens (tertiary/aromatic N) is 2. The Morgan fingerprint density at radius 3 is 1.55 bits per heavy atom. The van der Waals surface area contributed by atoms with Crippen LogP contribution in [0.15, 0.2) is 264 Å². The van der Waals surface area contributed by atoms with E-state index < -0.39 is 5.41 Å². The highest BCUT2D eigenvalue weighted by atomic mass is 16.3. The summed E-state index contributed by atoms with van der Waals surface area (Å²) in [7, 11) is 0. The van der Waals surface area contributed by atoms with Gasteiger partial charge in [0.15, 0.2) is 0 Å². The monoisotopic (exact) mass is 948 g/mol. The summed E-state index contributed by atoms with van der Waals surface area (Å²) in [6, 6.07) is 92.9. The molecule has 2 aliphatic rings. The normalized spacial score (nSPS) is 13.8. The molecule has 0 saturated carbocycles. The van der Waals surface area contributed by atoms with Crippen LogP contribution < -0.4 is 9.80 Å². The fourth-order valence-corrected chi connectivity index (χ4v) is 12.9. The molecule has 0 aliphatic heterocycles. The number of furan rings is 2. The molecule has 0 atom stereocenters. The van der Waals surface area contributed by atoms with Gasteiger partial charge in [0.05, 0.1) is 22.2 Å². The molecule has 15 rings (SSSR count). The second kappa shape index (κ2) is 16.1. The highest BCUT2D eigenvalue weighted by molar-refractivity contribution is 6.14. The Bertz CT molecular complexity index is 4330. The third kappa shape index (κ3) is 6.03. The number of anilines is 6. The average molecular weight is 949 g/mol. The van der Waals surface area contributed by atoms with E-state index in [1.54, 1.807) is 0 Å². The Morgan fingerprint density at radius 1 is 0.311 bits per heavy atom. The van der Waals surface area contributed by atoms with Crippen LogP contribution in [-0.2, 0) is 10.8 Å². The Balaban J connectivity index is 1.02. The lowest BCUT2D eigenvalue weighted by atomic mass is 9.67. The largest absolute Gasteiger partial charge is 0.456 e. The fourth-order valence-electron chi connectivity index (χ4n) is 12.9. The first-order valence-corrected chi connectivity index (χ1v) is 25.6. The summed E-state index contributed by atoms with van der Waals surface area (Å²) in [6.45, 7) is 4.69. The molecule has 0 spiro atoms. The lowest BCUT2D eigenvalue weighted by molar-refractivity contribution is 0.660. The van der Waals surface area contributed by atoms with Crippen LogP contribution in [0.3, 0.4) is 0 Å². The summed E-state index contributed by atoms with van der Waals surface area (Å²) in [5.74, 6) is 0. The number of fused-ring (bicyclic) bond motifs is 12. The van der Waals surface area contributed by atoms with Crippen LogP contribution in [0, 0.1) is 0 Å². The van der Waals surface area contributed by atoms with Gasteiger partial charge >= 0.3 is 0 Å². The highest BCUT2D eigenvalue weighted by Gasteiger charge is 2.48. The maximum atomic E-state index is 6.72. The fraction of sp³-hybridized carbons (Fsp3) is 0.0571. The van der Waals surface area contributed by atoms with Crippen LogP contribution >= 0.6 is 0 Å². The van der Waals surface area contributed by atoms with Crippen molar-refractivity contribution in [1.29, 1.82) is 0 Å². The molecule has 4 nitrogen and oxygen atoms in total. The third-order valence-corrected chi connectivity index (χ3v) is 16.1. The molecule has 0 fully saturated rings. The van der Waals surface area contributed by atoms with Crippen LogP contribution in [-0.4, -0.2) is 0 Å². The average Bonchev–Trinajstić information content (AvgIpc) is 4.18. The Labute approximate surface area is 429 Å². The van der Waals surface area contributed by atoms with Crippen molar-refractivity contribution < 1.29 is 8.83 Å². The molecule has 74 heavy (non-hydrogen) atoms. The van der Waals surface area contributed by atoms with E-state index in [-0.39, 0.29) is 5.41 Å². The van der Waals surface area contributed by atoms with E-state index in [0.29, 0.717) is 0 Å². The summed E-state index contributed by atoms with van der Waals surface area (Å²) in [4.78, 5) is 4.90. The number of hydrogen-bond acceptors (Lipinski definition) is 4. The van der Waals surface area contributed by atoms with Crippen LogP contribution in [0.4, 0.5) is 34.1 Å². The van der Waals surface area contributed by atoms with E-state index in [9.17, 15) is 0 Å². The Hall–Kier alpha value is -9.38. The molecular weight excluding hydrogens is 901 g/mol. The molecule has 2 aliphatic carbocycles. The number of para-hydroxylation sites is 2. The summed E-state index contributed by atoms with van der Waals surface area (Å²) in [5, 5.41) is 4.32. The van der Waals surface area contributed by atoms with Gasteiger partial charge in [-0.25, -0.2) is 0 Å². The molecule has 350 valence electrons. The van der Waals surface area contributed by atoms with Gasteiger partial charge in [-0.1, -0.05) is 190 Å². The lowest BCUT2D eigenvalue weighted by Crippen LogP contribution is -2.30. The van der Waals surface area contributed by atoms with Gasteiger partial charge in [0.2, 0.25) is 0 Å². The van der Waals surface area contributed by atoms with Crippen molar-refractivity contribution in [2.24, 2.45) is 0 Å². The lowest BCUT2D eigenvalue weighted by Gasteiger charge is -2.38. The van der Waals surface area contributed by atoms with Crippen molar-refractivity contribution in [3.05, 3.63) is 288 Å². The molecule has 0 saturated heterocycles. The van der Waals surface area contributed by atoms with Gasteiger partial charge < -0.3 is 18.6 Å². The molecule has 0 radical (unpaired) electrons. The Kier molecular flexibility index (Phi) is 9.19. The van der Waals surface area contributed by atoms with E-state index in [2.05, 4.69) is 266 Å². The molecule has 2 aromatic heterocycles. The van der Waals surface area contributed by atoms with E-state index in [1.807, 2.05) is 12.1 Å². The zero-order chi connectivity index (χ0) is 49.1. The first-order valence-electron chi connectivity index (χ1n) is 25.6. The van der Waals surface area contributed by atoms with Gasteiger partial charge in [-0.2, -0.15) is 0 Å². The standard InChI is InChI=1S/C70H48N2O2/c1-69(2)58-31-13-9-27-52(58)57-43-49(39-41-59(57)69)71(61-33-19-37-65-67(61)56-29-12-16-36-64(56)73-65)47-24-17-25-48(42-47)72(50-38-40-54-53-28-11-15-35-63(53)74-66(54)44-50)62-34-18-30-55-51-26-10-14-32-60(51)70(68(55)62,45-20-5-3-6-21-45)46-22-7-4-8-23-46/h3-44H,1-2H3. The molecule has 0 unspecified atom stereocenters. The third-order valence-electron chi connectivity index (χ3n) is 16.1. The van der Waals surface area contributed by atoms with Crippen LogP contribution in [0.1, 0.15) is 47.2 Å². The molecule has 0 amide bonds. The first-order chi connectivity index (χ1) is 36.5. The predicted octanol–water partition coefficient (Wildman–Crippen LogP) is 19.1. The van der Waals surface area contributed by atoms with Gasteiger partial charge in [-0.15, -0.1) is 0 Å². The minimum Gasteiger partial charge on any atom is -0.456 e. The predicted molar refractivity (Wildman–Crippen MR) is 305 cm³/mol. The van der Waals surface area contributed by atoms with Crippen LogP contribution in [0.5, 0.6) is 0 Å².